The van der Waals surface area contributed by atoms with Gasteiger partial charge in [-0.25, -0.2) is 0 Å². The van der Waals surface area contributed by atoms with Crippen LogP contribution in [-0.4, -0.2) is 47.3 Å². The predicted molar refractivity (Wildman–Crippen MR) is 70.1 cm³/mol. The van der Waals surface area contributed by atoms with E-state index >= 15 is 0 Å². The molecule has 0 radical (unpaired) electrons. The third kappa shape index (κ3) is 3.84. The summed E-state index contributed by atoms with van der Waals surface area (Å²) in [4.78, 5) is 13.8. The highest BCUT2D eigenvalue weighted by Gasteiger charge is 2.23. The van der Waals surface area contributed by atoms with Gasteiger partial charge in [0.2, 0.25) is 5.91 Å². The molecule has 1 aromatic heterocycles. The van der Waals surface area contributed by atoms with Gasteiger partial charge in [-0.3, -0.25) is 9.48 Å². The van der Waals surface area contributed by atoms with Gasteiger partial charge in [-0.2, -0.15) is 5.10 Å². The molecule has 0 spiro atoms. The van der Waals surface area contributed by atoms with Crippen LogP contribution in [0.4, 0.5) is 0 Å². The van der Waals surface area contributed by atoms with E-state index < -0.39 is 0 Å². The van der Waals surface area contributed by atoms with Crippen LogP contribution < -0.4 is 5.32 Å². The number of rotatable bonds is 6. The van der Waals surface area contributed by atoms with Crippen molar-refractivity contribution in [3.05, 3.63) is 18.5 Å². The zero-order valence-corrected chi connectivity index (χ0v) is 11.0. The average molecular weight is 250 g/mol. The highest BCUT2D eigenvalue weighted by atomic mass is 16.1. The number of nitrogens with one attached hydrogen (secondary N) is 1. The molecule has 1 aromatic rings. The first-order chi connectivity index (χ1) is 8.78. The summed E-state index contributed by atoms with van der Waals surface area (Å²) >= 11 is 0. The fraction of sp³-hybridized carbons (Fsp3) is 0.692. The molecule has 2 rings (SSSR count). The van der Waals surface area contributed by atoms with E-state index in [2.05, 4.69) is 15.3 Å². The van der Waals surface area contributed by atoms with Crippen molar-refractivity contribution < 1.29 is 4.79 Å². The zero-order chi connectivity index (χ0) is 12.8. The van der Waals surface area contributed by atoms with E-state index in [9.17, 15) is 4.79 Å². The van der Waals surface area contributed by atoms with E-state index in [0.717, 1.165) is 39.0 Å². The smallest absolute Gasteiger partial charge is 0.220 e. The van der Waals surface area contributed by atoms with Gasteiger partial charge in [0.1, 0.15) is 0 Å². The number of carbonyl (C=O) groups excluding carboxylic acids is 1. The van der Waals surface area contributed by atoms with Gasteiger partial charge in [-0.1, -0.05) is 0 Å². The molecule has 0 saturated carbocycles. The fourth-order valence-corrected chi connectivity index (χ4v) is 2.54. The Labute approximate surface area is 108 Å². The van der Waals surface area contributed by atoms with E-state index in [-0.39, 0.29) is 5.91 Å². The Balaban J connectivity index is 1.62. The van der Waals surface area contributed by atoms with Crippen LogP contribution in [0, 0.1) is 5.92 Å². The summed E-state index contributed by atoms with van der Waals surface area (Å²) in [5.41, 5.74) is 0. The van der Waals surface area contributed by atoms with Crippen molar-refractivity contribution in [2.45, 2.75) is 25.8 Å². The maximum Gasteiger partial charge on any atom is 0.220 e. The molecule has 18 heavy (non-hydrogen) atoms. The highest BCUT2D eigenvalue weighted by Crippen LogP contribution is 2.19. The van der Waals surface area contributed by atoms with Crippen molar-refractivity contribution in [3.63, 3.8) is 0 Å². The Morgan fingerprint density at radius 1 is 1.50 bits per heavy atom. The van der Waals surface area contributed by atoms with Crippen molar-refractivity contribution in [2.24, 2.45) is 5.92 Å². The van der Waals surface area contributed by atoms with Crippen LogP contribution in [0.15, 0.2) is 18.5 Å². The van der Waals surface area contributed by atoms with Crippen LogP contribution in [0.5, 0.6) is 0 Å². The first-order valence-corrected chi connectivity index (χ1v) is 6.68. The summed E-state index contributed by atoms with van der Waals surface area (Å²) in [7, 11) is 1.71. The molecule has 0 aliphatic carbocycles. The van der Waals surface area contributed by atoms with Gasteiger partial charge in [0.25, 0.3) is 0 Å². The Kier molecular flexibility index (Phi) is 4.75. The Hall–Kier alpha value is -1.36. The van der Waals surface area contributed by atoms with E-state index in [4.69, 9.17) is 0 Å². The molecule has 1 atom stereocenters. The van der Waals surface area contributed by atoms with Crippen molar-refractivity contribution >= 4 is 5.91 Å². The molecular formula is C13H22N4O. The van der Waals surface area contributed by atoms with Crippen LogP contribution in [0.25, 0.3) is 0 Å². The first-order valence-electron chi connectivity index (χ1n) is 6.68. The van der Waals surface area contributed by atoms with Gasteiger partial charge in [0.05, 0.1) is 0 Å². The number of nitrogens with zero attached hydrogens (tertiary/aromatic N) is 3. The first kappa shape index (κ1) is 13.1. The van der Waals surface area contributed by atoms with Gasteiger partial charge in [-0.15, -0.1) is 0 Å². The van der Waals surface area contributed by atoms with Gasteiger partial charge >= 0.3 is 0 Å². The molecule has 0 aromatic carbocycles. The van der Waals surface area contributed by atoms with Crippen LogP contribution in [-0.2, 0) is 11.3 Å². The lowest BCUT2D eigenvalue weighted by atomic mass is 10.1. The summed E-state index contributed by atoms with van der Waals surface area (Å²) in [5.74, 6) is 0.702. The van der Waals surface area contributed by atoms with Crippen molar-refractivity contribution in [2.75, 3.05) is 26.7 Å². The molecule has 5 nitrogen and oxygen atoms in total. The second-order valence-electron chi connectivity index (χ2n) is 4.96. The van der Waals surface area contributed by atoms with Crippen LogP contribution in [0.1, 0.15) is 19.3 Å². The maximum atomic E-state index is 11.3. The molecule has 0 bridgehead atoms. The number of amides is 1. The number of hydrogen-bond donors (Lipinski definition) is 1. The lowest BCUT2D eigenvalue weighted by Gasteiger charge is -2.15. The standard InChI is InChI=1S/C13H22N4O/c1-14-13(18)10-12-4-9-16(11-12)6-3-8-17-7-2-5-15-17/h2,5,7,12H,3-4,6,8-11H2,1H3,(H,14,18)/t12-/m0/s1. The summed E-state index contributed by atoms with van der Waals surface area (Å²) < 4.78 is 1.97. The minimum atomic E-state index is 0.165. The van der Waals surface area contributed by atoms with Crippen molar-refractivity contribution in [3.8, 4) is 0 Å². The third-order valence-electron chi connectivity index (χ3n) is 3.54. The Morgan fingerprint density at radius 2 is 2.39 bits per heavy atom. The molecule has 5 heteroatoms. The predicted octanol–water partition coefficient (Wildman–Crippen LogP) is 0.731. The lowest BCUT2D eigenvalue weighted by Crippen LogP contribution is -2.25. The minimum absolute atomic E-state index is 0.165. The third-order valence-corrected chi connectivity index (χ3v) is 3.54. The number of hydrogen-bond acceptors (Lipinski definition) is 3. The van der Waals surface area contributed by atoms with E-state index in [1.54, 1.807) is 7.05 Å². The SMILES string of the molecule is CNC(=O)C[C@@H]1CCN(CCCn2cccn2)C1. The highest BCUT2D eigenvalue weighted by molar-refractivity contribution is 5.75. The topological polar surface area (TPSA) is 50.2 Å². The normalized spacial score (nSPS) is 20.2. The molecule has 1 N–H and O–H groups in total. The monoisotopic (exact) mass is 250 g/mol. The quantitative estimate of drug-likeness (QED) is 0.810. The van der Waals surface area contributed by atoms with Crippen molar-refractivity contribution in [1.29, 1.82) is 0 Å². The zero-order valence-electron chi connectivity index (χ0n) is 11.0. The molecule has 1 fully saturated rings. The van der Waals surface area contributed by atoms with Gasteiger partial charge in [0, 0.05) is 39.0 Å². The summed E-state index contributed by atoms with van der Waals surface area (Å²) in [6.07, 6.45) is 6.75. The largest absolute Gasteiger partial charge is 0.359 e. The summed E-state index contributed by atoms with van der Waals surface area (Å²) in [6.45, 7) is 4.26. The second kappa shape index (κ2) is 6.54. The van der Waals surface area contributed by atoms with Gasteiger partial charge in [-0.05, 0) is 37.9 Å². The second-order valence-corrected chi connectivity index (χ2v) is 4.96. The molecule has 100 valence electrons. The van der Waals surface area contributed by atoms with Crippen molar-refractivity contribution in [1.82, 2.24) is 20.0 Å². The molecule has 1 saturated heterocycles. The summed E-state index contributed by atoms with van der Waals surface area (Å²) in [6, 6.07) is 1.95. The molecule has 0 unspecified atom stereocenters. The van der Waals surface area contributed by atoms with Gasteiger partial charge < -0.3 is 10.2 Å². The molecule has 1 aliphatic rings. The maximum absolute atomic E-state index is 11.3. The number of aryl methyl sites for hydroxylation is 1. The molecule has 1 amide bonds. The number of likely N-dealkylation sites (tertiary alicyclic amines) is 1. The molecule has 1 aliphatic heterocycles. The number of carbonyl (C=O) groups is 1. The average Bonchev–Trinajstić information content (AvgIpc) is 3.01. The fourth-order valence-electron chi connectivity index (χ4n) is 2.54. The Bertz CT molecular complexity index is 363. The van der Waals surface area contributed by atoms with E-state index in [1.165, 1.54) is 0 Å². The van der Waals surface area contributed by atoms with E-state index in [1.807, 2.05) is 23.1 Å². The van der Waals surface area contributed by atoms with E-state index in [0.29, 0.717) is 12.3 Å². The Morgan fingerprint density at radius 3 is 3.11 bits per heavy atom. The molecule has 2 heterocycles. The lowest BCUT2D eigenvalue weighted by molar-refractivity contribution is -0.121. The number of aromatic nitrogens is 2. The van der Waals surface area contributed by atoms with Gasteiger partial charge in [0.15, 0.2) is 0 Å². The molecular weight excluding hydrogens is 228 g/mol. The van der Waals surface area contributed by atoms with Crippen LogP contribution >= 0.6 is 0 Å². The minimum Gasteiger partial charge on any atom is -0.359 e. The van der Waals surface area contributed by atoms with Crippen LogP contribution in [0.3, 0.4) is 0 Å². The van der Waals surface area contributed by atoms with Crippen LogP contribution in [0.2, 0.25) is 0 Å². The summed E-state index contributed by atoms with van der Waals surface area (Å²) in [5, 5.41) is 6.89.